The van der Waals surface area contributed by atoms with Gasteiger partial charge in [0.2, 0.25) is 0 Å². The summed E-state index contributed by atoms with van der Waals surface area (Å²) in [5.41, 5.74) is 1.32. The Balaban J connectivity index is 2.22. The molecular formula is C16H28O2. The van der Waals surface area contributed by atoms with Gasteiger partial charge in [-0.05, 0) is 32.1 Å². The largest absolute Gasteiger partial charge is 0.466 e. The van der Waals surface area contributed by atoms with Crippen molar-refractivity contribution in [2.24, 2.45) is 0 Å². The topological polar surface area (TPSA) is 26.3 Å². The van der Waals surface area contributed by atoms with Crippen molar-refractivity contribution >= 4 is 5.97 Å². The van der Waals surface area contributed by atoms with Gasteiger partial charge in [0.15, 0.2) is 0 Å². The monoisotopic (exact) mass is 252 g/mol. The standard InChI is InChI=1S/C16H28O2/c1-15-11-8-6-4-2-3-5-7-9-13-16(17)18-14-10-12-15/h1-14H2. The highest BCUT2D eigenvalue weighted by Gasteiger charge is 2.04. The molecule has 0 radical (unpaired) electrons. The second-order valence-corrected chi connectivity index (χ2v) is 5.40. The Kier molecular flexibility index (Phi) is 8.62. The Morgan fingerprint density at radius 1 is 0.722 bits per heavy atom. The molecule has 0 aliphatic carbocycles. The summed E-state index contributed by atoms with van der Waals surface area (Å²) in [6, 6.07) is 0. The molecule has 0 amide bonds. The molecule has 1 aliphatic rings. The number of hydrogen-bond acceptors (Lipinski definition) is 2. The van der Waals surface area contributed by atoms with Gasteiger partial charge in [-0.15, -0.1) is 0 Å². The van der Waals surface area contributed by atoms with E-state index in [-0.39, 0.29) is 5.97 Å². The van der Waals surface area contributed by atoms with Crippen molar-refractivity contribution in [3.63, 3.8) is 0 Å². The third-order valence-corrected chi connectivity index (χ3v) is 3.60. The summed E-state index contributed by atoms with van der Waals surface area (Å²) in [5, 5.41) is 0. The highest BCUT2D eigenvalue weighted by molar-refractivity contribution is 5.69. The van der Waals surface area contributed by atoms with Crippen LogP contribution in [0.2, 0.25) is 0 Å². The Labute approximate surface area is 112 Å². The van der Waals surface area contributed by atoms with Crippen molar-refractivity contribution in [2.45, 2.75) is 77.0 Å². The van der Waals surface area contributed by atoms with Gasteiger partial charge in [0.05, 0.1) is 6.61 Å². The first-order valence-electron chi connectivity index (χ1n) is 7.61. The third kappa shape index (κ3) is 8.32. The van der Waals surface area contributed by atoms with Crippen molar-refractivity contribution in [2.75, 3.05) is 6.61 Å². The number of esters is 1. The van der Waals surface area contributed by atoms with Crippen molar-refractivity contribution < 1.29 is 9.53 Å². The highest BCUT2D eigenvalue weighted by Crippen LogP contribution is 2.16. The van der Waals surface area contributed by atoms with Gasteiger partial charge >= 0.3 is 5.97 Å². The highest BCUT2D eigenvalue weighted by atomic mass is 16.5. The number of hydrogen-bond donors (Lipinski definition) is 0. The number of carbonyl (C=O) groups is 1. The molecule has 1 heterocycles. The maximum Gasteiger partial charge on any atom is 0.305 e. The maximum atomic E-state index is 11.4. The van der Waals surface area contributed by atoms with Crippen LogP contribution in [0.5, 0.6) is 0 Å². The zero-order valence-electron chi connectivity index (χ0n) is 11.7. The fourth-order valence-electron chi connectivity index (χ4n) is 2.41. The predicted molar refractivity (Wildman–Crippen MR) is 75.5 cm³/mol. The first kappa shape index (κ1) is 15.3. The van der Waals surface area contributed by atoms with E-state index >= 15 is 0 Å². The van der Waals surface area contributed by atoms with E-state index < -0.39 is 0 Å². The third-order valence-electron chi connectivity index (χ3n) is 3.60. The lowest BCUT2D eigenvalue weighted by molar-refractivity contribution is -0.143. The zero-order valence-corrected chi connectivity index (χ0v) is 11.7. The second-order valence-electron chi connectivity index (χ2n) is 5.40. The smallest absolute Gasteiger partial charge is 0.305 e. The van der Waals surface area contributed by atoms with Crippen LogP contribution in [0.25, 0.3) is 0 Å². The number of allylic oxidation sites excluding steroid dienone is 1. The normalized spacial score (nSPS) is 22.4. The van der Waals surface area contributed by atoms with Gasteiger partial charge in [-0.25, -0.2) is 0 Å². The molecule has 0 N–H and O–H groups in total. The SMILES string of the molecule is C=C1CCCCCCCCCCC(=O)OCCC1. The van der Waals surface area contributed by atoms with Gasteiger partial charge in [-0.3, -0.25) is 4.79 Å². The summed E-state index contributed by atoms with van der Waals surface area (Å²) in [7, 11) is 0. The Hall–Kier alpha value is -0.790. The lowest BCUT2D eigenvalue weighted by Crippen LogP contribution is -2.06. The molecular weight excluding hydrogens is 224 g/mol. The van der Waals surface area contributed by atoms with Crippen LogP contribution in [-0.4, -0.2) is 12.6 Å². The van der Waals surface area contributed by atoms with Crippen LogP contribution in [0, 0.1) is 0 Å². The summed E-state index contributed by atoms with van der Waals surface area (Å²) in [6.45, 7) is 4.66. The number of cyclic esters (lactones) is 1. The van der Waals surface area contributed by atoms with Crippen molar-refractivity contribution in [3.05, 3.63) is 12.2 Å². The van der Waals surface area contributed by atoms with E-state index in [0.717, 1.165) is 25.7 Å². The van der Waals surface area contributed by atoms with Crippen molar-refractivity contribution in [3.8, 4) is 0 Å². The Bertz CT molecular complexity index is 219. The minimum Gasteiger partial charge on any atom is -0.466 e. The maximum absolute atomic E-state index is 11.4. The Morgan fingerprint density at radius 3 is 1.89 bits per heavy atom. The number of ether oxygens (including phenoxy) is 1. The molecule has 2 nitrogen and oxygen atoms in total. The van der Waals surface area contributed by atoms with Gasteiger partial charge in [-0.1, -0.05) is 50.7 Å². The molecule has 1 rings (SSSR count). The molecule has 104 valence electrons. The number of rotatable bonds is 0. The predicted octanol–water partition coefficient (Wildman–Crippen LogP) is 4.78. The first-order valence-corrected chi connectivity index (χ1v) is 7.61. The number of carbonyl (C=O) groups excluding carboxylic acids is 1. The first-order chi connectivity index (χ1) is 8.79. The Morgan fingerprint density at radius 2 is 1.22 bits per heavy atom. The van der Waals surface area contributed by atoms with E-state index in [1.54, 1.807) is 0 Å². The van der Waals surface area contributed by atoms with Crippen LogP contribution >= 0.6 is 0 Å². The van der Waals surface area contributed by atoms with Crippen LogP contribution in [-0.2, 0) is 9.53 Å². The minimum absolute atomic E-state index is 0.0206. The second kappa shape index (κ2) is 10.2. The molecule has 0 aromatic rings. The molecule has 0 aromatic carbocycles. The van der Waals surface area contributed by atoms with Crippen LogP contribution in [0.1, 0.15) is 77.0 Å². The minimum atomic E-state index is -0.0206. The van der Waals surface area contributed by atoms with Gasteiger partial charge in [-0.2, -0.15) is 0 Å². The summed E-state index contributed by atoms with van der Waals surface area (Å²) < 4.78 is 5.21. The molecule has 0 spiro atoms. The fourth-order valence-corrected chi connectivity index (χ4v) is 2.41. The van der Waals surface area contributed by atoms with Crippen LogP contribution in [0.15, 0.2) is 12.2 Å². The summed E-state index contributed by atoms with van der Waals surface area (Å²) >= 11 is 0. The quantitative estimate of drug-likeness (QED) is 0.458. The van der Waals surface area contributed by atoms with E-state index in [0.29, 0.717) is 13.0 Å². The lowest BCUT2D eigenvalue weighted by atomic mass is 10.0. The molecule has 0 unspecified atom stereocenters. The van der Waals surface area contributed by atoms with Gasteiger partial charge in [0.25, 0.3) is 0 Å². The van der Waals surface area contributed by atoms with Crippen molar-refractivity contribution in [1.82, 2.24) is 0 Å². The average molecular weight is 252 g/mol. The molecule has 1 saturated heterocycles. The molecule has 18 heavy (non-hydrogen) atoms. The van der Waals surface area contributed by atoms with E-state index in [1.807, 2.05) is 0 Å². The van der Waals surface area contributed by atoms with Gasteiger partial charge in [0.1, 0.15) is 0 Å². The average Bonchev–Trinajstić information content (AvgIpc) is 2.35. The molecule has 0 aromatic heterocycles. The van der Waals surface area contributed by atoms with E-state index in [2.05, 4.69) is 6.58 Å². The summed E-state index contributed by atoms with van der Waals surface area (Å²) in [5.74, 6) is -0.0206. The fraction of sp³-hybridized carbons (Fsp3) is 0.812. The van der Waals surface area contributed by atoms with E-state index in [1.165, 1.54) is 50.5 Å². The van der Waals surface area contributed by atoms with Gasteiger partial charge in [0, 0.05) is 6.42 Å². The molecule has 2 heteroatoms. The van der Waals surface area contributed by atoms with Gasteiger partial charge < -0.3 is 4.74 Å². The molecule has 0 atom stereocenters. The molecule has 1 aliphatic heterocycles. The lowest BCUT2D eigenvalue weighted by Gasteiger charge is -2.08. The van der Waals surface area contributed by atoms with E-state index in [4.69, 9.17) is 4.74 Å². The summed E-state index contributed by atoms with van der Waals surface area (Å²) in [6.07, 6.45) is 13.7. The van der Waals surface area contributed by atoms with Crippen LogP contribution < -0.4 is 0 Å². The molecule has 0 saturated carbocycles. The van der Waals surface area contributed by atoms with Crippen LogP contribution in [0.3, 0.4) is 0 Å². The summed E-state index contributed by atoms with van der Waals surface area (Å²) in [4.78, 5) is 11.4. The molecule has 0 bridgehead atoms. The zero-order chi connectivity index (χ0) is 13.1. The van der Waals surface area contributed by atoms with E-state index in [9.17, 15) is 4.79 Å². The van der Waals surface area contributed by atoms with Crippen LogP contribution in [0.4, 0.5) is 0 Å². The van der Waals surface area contributed by atoms with Crippen molar-refractivity contribution in [1.29, 1.82) is 0 Å². The molecule has 1 fully saturated rings.